The minimum absolute atomic E-state index is 0.322. The van der Waals surface area contributed by atoms with E-state index in [1.54, 1.807) is 0 Å². The molecule has 0 radical (unpaired) electrons. The van der Waals surface area contributed by atoms with Crippen molar-refractivity contribution in [2.75, 3.05) is 7.11 Å². The van der Waals surface area contributed by atoms with Crippen molar-refractivity contribution in [2.45, 2.75) is 13.3 Å². The van der Waals surface area contributed by atoms with E-state index in [2.05, 4.69) is 35.1 Å². The van der Waals surface area contributed by atoms with Crippen LogP contribution in [0.1, 0.15) is 18.9 Å². The summed E-state index contributed by atoms with van der Waals surface area (Å²) in [5.41, 5.74) is 4.36. The van der Waals surface area contributed by atoms with E-state index in [1.165, 1.54) is 24.3 Å². The van der Waals surface area contributed by atoms with Gasteiger partial charge in [-0.15, -0.1) is 0 Å². The van der Waals surface area contributed by atoms with Crippen LogP contribution in [0.25, 0.3) is 5.57 Å². The molecule has 102 valence electrons. The summed E-state index contributed by atoms with van der Waals surface area (Å²) in [6, 6.07) is 10.3. The van der Waals surface area contributed by atoms with Gasteiger partial charge < -0.3 is 4.74 Å². The Bertz CT molecular complexity index is 602. The Morgan fingerprint density at radius 2 is 1.90 bits per heavy atom. The van der Waals surface area contributed by atoms with Gasteiger partial charge in [-0.2, -0.15) is 0 Å². The number of esters is 1. The highest BCUT2D eigenvalue weighted by molar-refractivity contribution is 5.84. The molecule has 2 nitrogen and oxygen atoms in total. The van der Waals surface area contributed by atoms with Crippen molar-refractivity contribution in [3.8, 4) is 0 Å². The maximum Gasteiger partial charge on any atom is 0.330 e. The average Bonchev–Trinajstić information content (AvgIpc) is 2.74. The number of allylic oxidation sites excluding steroid dienone is 7. The second kappa shape index (κ2) is 6.71. The summed E-state index contributed by atoms with van der Waals surface area (Å²) < 4.78 is 4.65. The lowest BCUT2D eigenvalue weighted by molar-refractivity contribution is -0.134. The monoisotopic (exact) mass is 266 g/mol. The number of hydrogen-bond acceptors (Lipinski definition) is 2. The van der Waals surface area contributed by atoms with Crippen molar-refractivity contribution in [3.63, 3.8) is 0 Å². The zero-order valence-electron chi connectivity index (χ0n) is 11.8. The van der Waals surface area contributed by atoms with Crippen molar-refractivity contribution < 1.29 is 9.53 Å². The molecule has 0 spiro atoms. The fourth-order valence-electron chi connectivity index (χ4n) is 2.08. The van der Waals surface area contributed by atoms with Gasteiger partial charge in [-0.05, 0) is 35.6 Å². The molecule has 0 amide bonds. The van der Waals surface area contributed by atoms with Crippen LogP contribution < -0.4 is 0 Å². The predicted molar refractivity (Wildman–Crippen MR) is 82.0 cm³/mol. The van der Waals surface area contributed by atoms with Crippen molar-refractivity contribution in [1.29, 1.82) is 0 Å². The zero-order valence-corrected chi connectivity index (χ0v) is 11.8. The second-order valence-electron chi connectivity index (χ2n) is 4.60. The molecule has 0 saturated carbocycles. The third-order valence-electron chi connectivity index (χ3n) is 3.22. The van der Waals surface area contributed by atoms with Gasteiger partial charge in [0.05, 0.1) is 7.11 Å². The molecule has 0 bridgehead atoms. The van der Waals surface area contributed by atoms with Gasteiger partial charge in [0.15, 0.2) is 0 Å². The van der Waals surface area contributed by atoms with E-state index in [-0.39, 0.29) is 5.97 Å². The quantitative estimate of drug-likeness (QED) is 0.609. The molecule has 0 saturated heterocycles. The largest absolute Gasteiger partial charge is 0.466 e. The minimum atomic E-state index is -0.322. The lowest BCUT2D eigenvalue weighted by Crippen LogP contribution is -1.96. The van der Waals surface area contributed by atoms with E-state index < -0.39 is 0 Å². The van der Waals surface area contributed by atoms with E-state index in [9.17, 15) is 4.79 Å². The average molecular weight is 266 g/mol. The molecule has 1 aromatic rings. The Hall–Kier alpha value is -2.35. The molecule has 0 N–H and O–H groups in total. The summed E-state index contributed by atoms with van der Waals surface area (Å²) in [6.07, 6.45) is 10.8. The first-order chi connectivity index (χ1) is 9.70. The summed E-state index contributed by atoms with van der Waals surface area (Å²) in [6.45, 7) is 1.92. The number of hydrogen-bond donors (Lipinski definition) is 0. The van der Waals surface area contributed by atoms with Crippen molar-refractivity contribution in [1.82, 2.24) is 0 Å². The van der Waals surface area contributed by atoms with Crippen molar-refractivity contribution >= 4 is 11.5 Å². The summed E-state index contributed by atoms with van der Waals surface area (Å²) in [4.78, 5) is 11.3. The Kier molecular flexibility index (Phi) is 4.72. The van der Waals surface area contributed by atoms with Crippen molar-refractivity contribution in [3.05, 3.63) is 77.4 Å². The number of ether oxygens (including phenoxy) is 1. The van der Waals surface area contributed by atoms with Gasteiger partial charge in [0, 0.05) is 6.08 Å². The molecule has 1 aliphatic rings. The lowest BCUT2D eigenvalue weighted by Gasteiger charge is -2.02. The first-order valence-corrected chi connectivity index (χ1v) is 6.61. The smallest absolute Gasteiger partial charge is 0.330 e. The summed E-state index contributed by atoms with van der Waals surface area (Å²) in [7, 11) is 1.39. The molecule has 0 heterocycles. The third-order valence-corrected chi connectivity index (χ3v) is 3.22. The Morgan fingerprint density at radius 3 is 2.60 bits per heavy atom. The maximum atomic E-state index is 11.3. The molecule has 2 rings (SSSR count). The normalized spacial score (nSPS) is 15.2. The van der Waals surface area contributed by atoms with E-state index in [1.807, 2.05) is 31.2 Å². The second-order valence-corrected chi connectivity index (χ2v) is 4.60. The van der Waals surface area contributed by atoms with Gasteiger partial charge in [-0.25, -0.2) is 4.79 Å². The molecule has 1 aliphatic carbocycles. The minimum Gasteiger partial charge on any atom is -0.466 e. The zero-order chi connectivity index (χ0) is 14.4. The van der Waals surface area contributed by atoms with Crippen molar-refractivity contribution in [2.24, 2.45) is 0 Å². The first kappa shape index (κ1) is 14.1. The number of benzene rings is 1. The van der Waals surface area contributed by atoms with Crippen LogP contribution in [0.4, 0.5) is 0 Å². The molecule has 0 unspecified atom stereocenters. The predicted octanol–water partition coefficient (Wildman–Crippen LogP) is 4.08. The fraction of sp³-hybridized carbons (Fsp3) is 0.167. The van der Waals surface area contributed by atoms with Crippen LogP contribution in [0.3, 0.4) is 0 Å². The summed E-state index contributed by atoms with van der Waals surface area (Å²) in [5.74, 6) is -0.322. The molecule has 0 aromatic heterocycles. The van der Waals surface area contributed by atoms with Gasteiger partial charge in [-0.1, -0.05) is 54.6 Å². The highest BCUT2D eigenvalue weighted by atomic mass is 16.5. The Labute approximate surface area is 119 Å². The van der Waals surface area contributed by atoms with Crippen LogP contribution >= 0.6 is 0 Å². The van der Waals surface area contributed by atoms with Crippen LogP contribution in [0.2, 0.25) is 0 Å². The van der Waals surface area contributed by atoms with E-state index >= 15 is 0 Å². The fourth-order valence-corrected chi connectivity index (χ4v) is 2.08. The van der Waals surface area contributed by atoms with Crippen LogP contribution in [0, 0.1) is 0 Å². The lowest BCUT2D eigenvalue weighted by atomic mass is 10.0. The highest BCUT2D eigenvalue weighted by Gasteiger charge is 2.04. The van der Waals surface area contributed by atoms with Crippen LogP contribution in [0.15, 0.2) is 71.9 Å². The van der Waals surface area contributed by atoms with Gasteiger partial charge >= 0.3 is 5.97 Å². The molecule has 0 atom stereocenters. The molecular weight excluding hydrogens is 248 g/mol. The van der Waals surface area contributed by atoms with Crippen LogP contribution in [0.5, 0.6) is 0 Å². The van der Waals surface area contributed by atoms with Gasteiger partial charge in [0.1, 0.15) is 0 Å². The number of rotatable bonds is 3. The maximum absolute atomic E-state index is 11.3. The van der Waals surface area contributed by atoms with Gasteiger partial charge in [0.25, 0.3) is 0 Å². The number of carbonyl (C=O) groups is 1. The standard InChI is InChI=1S/C18H18O2/c1-14(13-18(19)20-2)15-9-6-10-17(12-11-15)16-7-4-3-5-8-16/h3-5,7-13H,6H2,1-2H3/b14-13+. The molecule has 0 aliphatic heterocycles. The molecule has 2 heteroatoms. The highest BCUT2D eigenvalue weighted by Crippen LogP contribution is 2.23. The Balaban J connectivity index is 2.18. The van der Waals surface area contributed by atoms with E-state index in [4.69, 9.17) is 0 Å². The van der Waals surface area contributed by atoms with Gasteiger partial charge in [-0.3, -0.25) is 0 Å². The third kappa shape index (κ3) is 3.58. The molecule has 20 heavy (non-hydrogen) atoms. The number of carbonyl (C=O) groups excluding carboxylic acids is 1. The topological polar surface area (TPSA) is 26.3 Å². The Morgan fingerprint density at radius 1 is 1.15 bits per heavy atom. The SMILES string of the molecule is COC(=O)/C=C(\C)C1=CCC=C(c2ccccc2)C=C1. The molecule has 1 aromatic carbocycles. The van der Waals surface area contributed by atoms with E-state index in [0.29, 0.717) is 0 Å². The van der Waals surface area contributed by atoms with Gasteiger partial charge in [0.2, 0.25) is 0 Å². The summed E-state index contributed by atoms with van der Waals surface area (Å²) in [5, 5.41) is 0. The first-order valence-electron chi connectivity index (χ1n) is 6.61. The molecular formula is C18H18O2. The van der Waals surface area contributed by atoms with E-state index in [0.717, 1.165) is 17.6 Å². The number of methoxy groups -OCH3 is 1. The van der Waals surface area contributed by atoms with Crippen LogP contribution in [-0.2, 0) is 9.53 Å². The summed E-state index contributed by atoms with van der Waals surface area (Å²) >= 11 is 0. The van der Waals surface area contributed by atoms with Crippen LogP contribution in [-0.4, -0.2) is 13.1 Å². The molecule has 0 fully saturated rings.